The number of unbranched alkanes of at least 4 members (excludes halogenated alkanes) is 1. The van der Waals surface area contributed by atoms with Crippen LogP contribution in [0, 0.1) is 0 Å². The van der Waals surface area contributed by atoms with Gasteiger partial charge in [-0.25, -0.2) is 0 Å². The molecule has 0 aromatic carbocycles. The van der Waals surface area contributed by atoms with Crippen molar-refractivity contribution in [2.75, 3.05) is 0 Å². The molecule has 3 heteroatoms. The number of carboxylic acids is 1. The first-order chi connectivity index (χ1) is 5.77. The van der Waals surface area contributed by atoms with Gasteiger partial charge in [0.05, 0.1) is 5.97 Å². The third kappa shape index (κ3) is 14.2. The predicted molar refractivity (Wildman–Crippen MR) is 43.1 cm³/mol. The Bertz CT molecular complexity index is 306. The Morgan fingerprint density at radius 1 is 1.38 bits per heavy atom. The molecule has 0 aromatic heterocycles. The zero-order chi connectivity index (χ0) is 9.23. The number of hydrogen-bond acceptors (Lipinski definition) is 2. The number of carboxylic acid groups (broad SMARTS) is 1. The third-order valence-corrected chi connectivity index (χ3v) is 0.932. The Morgan fingerprint density at radius 3 is 2.54 bits per heavy atom. The Balaban J connectivity index is 0. The number of carbonyl (C=O) groups excluding carboxylic acids is 1. The molecule has 0 spiro atoms. The summed E-state index contributed by atoms with van der Waals surface area (Å²) in [7, 11) is 0. The summed E-state index contributed by atoms with van der Waals surface area (Å²) in [4.78, 5) is 9.81. The maximum absolute atomic E-state index is 9.81. The topological polar surface area (TPSA) is 40.1 Å². The molecule has 0 aliphatic heterocycles. The second kappa shape index (κ2) is 11.3. The smallest absolute Gasteiger partial charge is 0.545 e. The molecule has 0 saturated heterocycles. The summed E-state index contributed by atoms with van der Waals surface area (Å²) in [6.45, 7) is 2.05. The molecule has 0 heterocycles. The van der Waals surface area contributed by atoms with Crippen molar-refractivity contribution < 1.29 is 39.5 Å². The van der Waals surface area contributed by atoms with E-state index in [1.807, 2.05) is 6.92 Å². The van der Waals surface area contributed by atoms with Crippen molar-refractivity contribution in [1.29, 1.82) is 0 Å². The van der Waals surface area contributed by atoms with Crippen molar-refractivity contribution in [3.05, 3.63) is 35.1 Å². The van der Waals surface area contributed by atoms with E-state index in [2.05, 4.69) is 22.9 Å². The van der Waals surface area contributed by atoms with Gasteiger partial charge in [-0.15, -0.1) is 0 Å². The van der Waals surface area contributed by atoms with Crippen LogP contribution in [-0.2, 0) is 4.79 Å². The molecule has 0 aliphatic carbocycles. The molecule has 0 aromatic rings. The Kier molecular flexibility index (Phi) is 12.9. The van der Waals surface area contributed by atoms with Crippen LogP contribution in [0.3, 0.4) is 0 Å². The van der Waals surface area contributed by atoms with E-state index in [1.165, 1.54) is 0 Å². The van der Waals surface area contributed by atoms with Gasteiger partial charge in [-0.2, -0.15) is 0 Å². The summed E-state index contributed by atoms with van der Waals surface area (Å²) in [5.74, 6) is -1.29. The average Bonchev–Trinajstić information content (AvgIpc) is 2.02. The fourth-order valence-corrected chi connectivity index (χ4v) is 0.435. The van der Waals surface area contributed by atoms with E-state index in [0.29, 0.717) is 0 Å². The predicted octanol–water partition coefficient (Wildman–Crippen LogP) is -2.28. The molecule has 62 valence electrons. The quantitative estimate of drug-likeness (QED) is 0.281. The minimum Gasteiger partial charge on any atom is -0.545 e. The number of rotatable bonds is 3. The van der Waals surface area contributed by atoms with E-state index in [9.17, 15) is 9.90 Å². The van der Waals surface area contributed by atoms with Gasteiger partial charge in [0.2, 0.25) is 0 Å². The summed E-state index contributed by atoms with van der Waals surface area (Å²) in [6, 6.07) is 0. The minimum absolute atomic E-state index is 0. The van der Waals surface area contributed by atoms with Crippen molar-refractivity contribution in [2.24, 2.45) is 0 Å². The standard InChI is InChI=1S/C10H10O2.Na/c1-2-3-4-5-6-7-8-9-10(11)12;/h4,9H,2-3H2,1H3,(H,11,12);/q;+1/p-1. The number of hydrogen-bond donors (Lipinski definition) is 0. The zero-order valence-electron chi connectivity index (χ0n) is 7.89. The van der Waals surface area contributed by atoms with Gasteiger partial charge in [0.15, 0.2) is 0 Å². The summed E-state index contributed by atoms with van der Waals surface area (Å²) >= 11 is 0. The molecule has 0 unspecified atom stereocenters. The molecule has 0 rings (SSSR count). The maximum Gasteiger partial charge on any atom is 1.00 e. The van der Waals surface area contributed by atoms with E-state index in [4.69, 9.17) is 0 Å². The van der Waals surface area contributed by atoms with Crippen molar-refractivity contribution >= 4 is 5.97 Å². The molecule has 0 fully saturated rings. The van der Waals surface area contributed by atoms with Crippen LogP contribution in [0.5, 0.6) is 0 Å². The maximum atomic E-state index is 9.81. The normalized spacial score (nSPS) is 6.23. The molecule has 13 heavy (non-hydrogen) atoms. The third-order valence-electron chi connectivity index (χ3n) is 0.932. The molecule has 0 amide bonds. The van der Waals surface area contributed by atoms with Gasteiger partial charge in [-0.1, -0.05) is 24.8 Å². The molecular weight excluding hydrogens is 175 g/mol. The Hall–Kier alpha value is -0.670. The van der Waals surface area contributed by atoms with Gasteiger partial charge >= 0.3 is 29.6 Å². The second-order valence-corrected chi connectivity index (χ2v) is 1.99. The van der Waals surface area contributed by atoms with E-state index < -0.39 is 5.97 Å². The van der Waals surface area contributed by atoms with Gasteiger partial charge in [0.1, 0.15) is 0 Å². The van der Waals surface area contributed by atoms with Crippen LogP contribution in [0.1, 0.15) is 19.8 Å². The van der Waals surface area contributed by atoms with Crippen LogP contribution in [0.25, 0.3) is 0 Å². The molecule has 0 aliphatic rings. The van der Waals surface area contributed by atoms with Gasteiger partial charge in [0.25, 0.3) is 0 Å². The van der Waals surface area contributed by atoms with Gasteiger partial charge in [-0.05, 0) is 24.0 Å². The molecule has 0 N–H and O–H groups in total. The SMILES string of the molecule is CCCC=C=C=C=C=CC(=O)[O-].[Na+]. The van der Waals surface area contributed by atoms with Crippen molar-refractivity contribution in [2.45, 2.75) is 19.8 Å². The summed E-state index contributed by atoms with van der Waals surface area (Å²) in [6.07, 6.45) is 4.54. The molecule has 0 radical (unpaired) electrons. The monoisotopic (exact) mass is 184 g/mol. The molecule has 0 saturated carbocycles. The van der Waals surface area contributed by atoms with E-state index in [1.54, 1.807) is 6.08 Å². The molecular formula is C10H9NaO2. The van der Waals surface area contributed by atoms with Gasteiger partial charge < -0.3 is 9.90 Å². The van der Waals surface area contributed by atoms with Crippen LogP contribution >= 0.6 is 0 Å². The summed E-state index contributed by atoms with van der Waals surface area (Å²) < 4.78 is 0. The van der Waals surface area contributed by atoms with Crippen LogP contribution in [0.2, 0.25) is 0 Å². The average molecular weight is 184 g/mol. The number of carbonyl (C=O) groups is 1. The fraction of sp³-hybridized carbons (Fsp3) is 0.300. The van der Waals surface area contributed by atoms with E-state index in [0.717, 1.165) is 18.9 Å². The van der Waals surface area contributed by atoms with Gasteiger partial charge in [-0.3, -0.25) is 0 Å². The largest absolute Gasteiger partial charge is 1.00 e. The van der Waals surface area contributed by atoms with Crippen molar-refractivity contribution in [1.82, 2.24) is 0 Å². The molecule has 0 atom stereocenters. The van der Waals surface area contributed by atoms with E-state index >= 15 is 0 Å². The molecule has 2 nitrogen and oxygen atoms in total. The van der Waals surface area contributed by atoms with Crippen molar-refractivity contribution in [3.63, 3.8) is 0 Å². The summed E-state index contributed by atoms with van der Waals surface area (Å²) in [5.41, 5.74) is 9.75. The molecule has 0 bridgehead atoms. The fourth-order valence-electron chi connectivity index (χ4n) is 0.435. The van der Waals surface area contributed by atoms with Crippen LogP contribution in [0.15, 0.2) is 35.1 Å². The van der Waals surface area contributed by atoms with Gasteiger partial charge in [0, 0.05) is 6.08 Å². The van der Waals surface area contributed by atoms with E-state index in [-0.39, 0.29) is 29.6 Å². The van der Waals surface area contributed by atoms with Crippen LogP contribution in [0.4, 0.5) is 0 Å². The first-order valence-corrected chi connectivity index (χ1v) is 3.64. The second-order valence-electron chi connectivity index (χ2n) is 1.99. The number of allylic oxidation sites excluding steroid dienone is 1. The minimum atomic E-state index is -1.29. The van der Waals surface area contributed by atoms with Crippen molar-refractivity contribution in [3.8, 4) is 0 Å². The zero-order valence-corrected chi connectivity index (χ0v) is 9.89. The number of aliphatic carboxylic acids is 1. The Labute approximate surface area is 99.9 Å². The Morgan fingerprint density at radius 2 is 2.00 bits per heavy atom. The van der Waals surface area contributed by atoms with Crippen LogP contribution in [-0.4, -0.2) is 5.97 Å². The summed E-state index contributed by atoms with van der Waals surface area (Å²) in [5, 5.41) is 9.81. The first kappa shape index (κ1) is 14.8. The van der Waals surface area contributed by atoms with Crippen LogP contribution < -0.4 is 34.7 Å². The first-order valence-electron chi connectivity index (χ1n) is 3.64.